The highest BCUT2D eigenvalue weighted by Crippen LogP contribution is 2.29. The fourth-order valence-electron chi connectivity index (χ4n) is 2.17. The van der Waals surface area contributed by atoms with Crippen molar-refractivity contribution in [3.05, 3.63) is 48.2 Å². The van der Waals surface area contributed by atoms with E-state index in [2.05, 4.69) is 15.4 Å². The van der Waals surface area contributed by atoms with E-state index in [1.54, 1.807) is 17.5 Å². The van der Waals surface area contributed by atoms with Gasteiger partial charge >= 0.3 is 0 Å². The molecule has 0 amide bonds. The van der Waals surface area contributed by atoms with Gasteiger partial charge in [0, 0.05) is 24.5 Å². The Kier molecular flexibility index (Phi) is 7.51. The van der Waals surface area contributed by atoms with Gasteiger partial charge in [0.25, 0.3) is 0 Å². The van der Waals surface area contributed by atoms with E-state index in [1.165, 1.54) is 18.5 Å². The number of nitrogens with two attached hydrogens (primary N) is 1. The van der Waals surface area contributed by atoms with Gasteiger partial charge in [-0.05, 0) is 43.7 Å². The molecule has 0 aliphatic carbocycles. The Balaban J connectivity index is 0.000000465. The van der Waals surface area contributed by atoms with E-state index in [4.69, 9.17) is 15.6 Å². The summed E-state index contributed by atoms with van der Waals surface area (Å²) in [4.78, 5) is 4.13. The van der Waals surface area contributed by atoms with Gasteiger partial charge in [-0.3, -0.25) is 0 Å². The van der Waals surface area contributed by atoms with Crippen LogP contribution in [0, 0.1) is 5.82 Å². The SMILES string of the molecule is CCC(C)O.CCNCc1ccn2ncnc(Oc3ccc(N)cc3F)c12. The summed E-state index contributed by atoms with van der Waals surface area (Å²) in [6, 6.07) is 6.20. The second kappa shape index (κ2) is 9.84. The maximum absolute atomic E-state index is 13.9. The summed E-state index contributed by atoms with van der Waals surface area (Å²) in [5, 5.41) is 15.7. The maximum Gasteiger partial charge on any atom is 0.247 e. The van der Waals surface area contributed by atoms with Crippen molar-refractivity contribution in [3.63, 3.8) is 0 Å². The quantitative estimate of drug-likeness (QED) is 0.573. The second-order valence-electron chi connectivity index (χ2n) is 6.03. The Labute approximate surface area is 158 Å². The van der Waals surface area contributed by atoms with Crippen LogP contribution in [0.4, 0.5) is 10.1 Å². The van der Waals surface area contributed by atoms with E-state index in [9.17, 15) is 4.39 Å². The molecule has 0 spiro atoms. The van der Waals surface area contributed by atoms with Crippen LogP contribution in [0.1, 0.15) is 32.8 Å². The van der Waals surface area contributed by atoms with E-state index in [-0.39, 0.29) is 11.9 Å². The smallest absolute Gasteiger partial charge is 0.247 e. The monoisotopic (exact) mass is 375 g/mol. The van der Waals surface area contributed by atoms with Crippen molar-refractivity contribution in [2.45, 2.75) is 39.8 Å². The van der Waals surface area contributed by atoms with Gasteiger partial charge in [0.05, 0.1) is 6.10 Å². The lowest BCUT2D eigenvalue weighted by Gasteiger charge is -2.09. The summed E-state index contributed by atoms with van der Waals surface area (Å²) >= 11 is 0. The number of aromatic nitrogens is 3. The molecule has 0 bridgehead atoms. The number of fused-ring (bicyclic) bond motifs is 1. The lowest BCUT2D eigenvalue weighted by Crippen LogP contribution is -2.12. The molecule has 0 saturated heterocycles. The number of nitrogens with one attached hydrogen (secondary N) is 1. The lowest BCUT2D eigenvalue weighted by molar-refractivity contribution is 0.191. The summed E-state index contributed by atoms with van der Waals surface area (Å²) in [7, 11) is 0. The number of aliphatic hydroxyl groups excluding tert-OH is 1. The predicted molar refractivity (Wildman–Crippen MR) is 103 cm³/mol. The molecule has 2 aromatic heterocycles. The minimum atomic E-state index is -0.531. The van der Waals surface area contributed by atoms with Crippen LogP contribution in [-0.4, -0.2) is 32.4 Å². The molecule has 0 aliphatic heterocycles. The van der Waals surface area contributed by atoms with E-state index < -0.39 is 5.82 Å². The summed E-state index contributed by atoms with van der Waals surface area (Å²) in [6.07, 6.45) is 3.93. The third-order valence-electron chi connectivity index (χ3n) is 3.82. The van der Waals surface area contributed by atoms with Crippen LogP contribution in [0.15, 0.2) is 36.8 Å². The first-order valence-corrected chi connectivity index (χ1v) is 8.89. The molecule has 27 heavy (non-hydrogen) atoms. The Morgan fingerprint density at radius 1 is 1.33 bits per heavy atom. The highest BCUT2D eigenvalue weighted by molar-refractivity contribution is 5.63. The first kappa shape index (κ1) is 20.6. The molecule has 0 fully saturated rings. The minimum Gasteiger partial charge on any atom is -0.434 e. The first-order chi connectivity index (χ1) is 13.0. The molecule has 0 aliphatic rings. The van der Waals surface area contributed by atoms with E-state index in [0.29, 0.717) is 23.6 Å². The van der Waals surface area contributed by atoms with Gasteiger partial charge in [-0.25, -0.2) is 8.91 Å². The first-order valence-electron chi connectivity index (χ1n) is 8.89. The molecule has 4 N–H and O–H groups in total. The van der Waals surface area contributed by atoms with Crippen LogP contribution in [0.2, 0.25) is 0 Å². The number of nitrogen functional groups attached to an aromatic ring is 1. The average molecular weight is 375 g/mol. The molecule has 0 radical (unpaired) electrons. The number of benzene rings is 1. The molecule has 1 atom stereocenters. The van der Waals surface area contributed by atoms with Gasteiger partial charge in [-0.1, -0.05) is 13.8 Å². The third kappa shape index (κ3) is 5.63. The van der Waals surface area contributed by atoms with Gasteiger partial charge in [0.2, 0.25) is 5.88 Å². The molecular formula is C19H26FN5O2. The maximum atomic E-state index is 13.9. The van der Waals surface area contributed by atoms with Crippen LogP contribution in [0.25, 0.3) is 5.52 Å². The highest BCUT2D eigenvalue weighted by atomic mass is 19.1. The molecule has 3 rings (SSSR count). The Morgan fingerprint density at radius 2 is 2.07 bits per heavy atom. The fraction of sp³-hybridized carbons (Fsp3) is 0.368. The van der Waals surface area contributed by atoms with Crippen LogP contribution in [-0.2, 0) is 6.54 Å². The molecule has 7 nitrogen and oxygen atoms in total. The van der Waals surface area contributed by atoms with Crippen LogP contribution in [0.5, 0.6) is 11.6 Å². The van der Waals surface area contributed by atoms with Crippen molar-refractivity contribution in [1.82, 2.24) is 19.9 Å². The summed E-state index contributed by atoms with van der Waals surface area (Å²) in [5.41, 5.74) is 7.57. The second-order valence-corrected chi connectivity index (χ2v) is 6.03. The van der Waals surface area contributed by atoms with Gasteiger partial charge in [0.1, 0.15) is 11.8 Å². The fourth-order valence-corrected chi connectivity index (χ4v) is 2.17. The van der Waals surface area contributed by atoms with E-state index >= 15 is 0 Å². The topological polar surface area (TPSA) is 97.7 Å². The van der Waals surface area contributed by atoms with Crippen LogP contribution < -0.4 is 15.8 Å². The van der Waals surface area contributed by atoms with Gasteiger partial charge in [0.15, 0.2) is 11.6 Å². The van der Waals surface area contributed by atoms with Crippen molar-refractivity contribution >= 4 is 11.2 Å². The Morgan fingerprint density at radius 3 is 2.70 bits per heavy atom. The zero-order valence-electron chi connectivity index (χ0n) is 15.8. The average Bonchev–Trinajstić information content (AvgIpc) is 3.07. The van der Waals surface area contributed by atoms with E-state index in [1.807, 2.05) is 26.1 Å². The molecule has 1 unspecified atom stereocenters. The Hall–Kier alpha value is -2.71. The third-order valence-corrected chi connectivity index (χ3v) is 3.82. The van der Waals surface area contributed by atoms with E-state index in [0.717, 1.165) is 18.5 Å². The normalized spacial score (nSPS) is 11.7. The Bertz CT molecular complexity index is 866. The number of anilines is 1. The number of aliphatic hydroxyl groups is 1. The van der Waals surface area contributed by atoms with Crippen molar-refractivity contribution in [1.29, 1.82) is 0 Å². The van der Waals surface area contributed by atoms with Crippen molar-refractivity contribution < 1.29 is 14.2 Å². The summed E-state index contributed by atoms with van der Waals surface area (Å²) in [6.45, 7) is 7.25. The van der Waals surface area contributed by atoms with Crippen LogP contribution >= 0.6 is 0 Å². The zero-order valence-corrected chi connectivity index (χ0v) is 15.8. The predicted octanol–water partition coefficient (Wildman–Crippen LogP) is 3.13. The number of hydrogen-bond donors (Lipinski definition) is 3. The van der Waals surface area contributed by atoms with Crippen molar-refractivity contribution in [2.24, 2.45) is 0 Å². The summed E-state index contributed by atoms with van der Waals surface area (Å²) in [5.74, 6) is -0.154. The number of rotatable bonds is 6. The van der Waals surface area contributed by atoms with Gasteiger partial charge in [-0.15, -0.1) is 0 Å². The standard InChI is InChI=1S/C15H16FN5O.C4H10O/c1-2-18-8-10-5-6-21-14(10)15(19-9-20-21)22-13-4-3-11(17)7-12(13)16;1-3-4(2)5/h3-7,9,18H,2,8,17H2,1H3;4-5H,3H2,1-2H3. The van der Waals surface area contributed by atoms with Crippen molar-refractivity contribution in [3.8, 4) is 11.6 Å². The lowest BCUT2D eigenvalue weighted by atomic mass is 10.2. The zero-order chi connectivity index (χ0) is 19.8. The number of nitrogens with zero attached hydrogens (tertiary/aromatic N) is 3. The molecular weight excluding hydrogens is 349 g/mol. The molecule has 8 heteroatoms. The number of ether oxygens (including phenoxy) is 1. The highest BCUT2D eigenvalue weighted by Gasteiger charge is 2.13. The molecule has 2 heterocycles. The largest absolute Gasteiger partial charge is 0.434 e. The van der Waals surface area contributed by atoms with Gasteiger partial charge in [-0.2, -0.15) is 10.1 Å². The molecule has 0 saturated carbocycles. The van der Waals surface area contributed by atoms with Gasteiger partial charge < -0.3 is 20.9 Å². The number of hydrogen-bond acceptors (Lipinski definition) is 6. The van der Waals surface area contributed by atoms with Crippen LogP contribution in [0.3, 0.4) is 0 Å². The molecule has 3 aromatic rings. The minimum absolute atomic E-state index is 0.0744. The van der Waals surface area contributed by atoms with Crippen molar-refractivity contribution in [2.75, 3.05) is 12.3 Å². The molecule has 1 aromatic carbocycles. The number of halogens is 1. The summed E-state index contributed by atoms with van der Waals surface area (Å²) < 4.78 is 21.2. The molecule has 146 valence electrons.